The Kier molecular flexibility index (Phi) is 8.35. The first-order valence-electron chi connectivity index (χ1n) is 9.42. The monoisotopic (exact) mass is 454 g/mol. The van der Waals surface area contributed by atoms with Gasteiger partial charge in [0.05, 0.1) is 0 Å². The van der Waals surface area contributed by atoms with E-state index in [1.165, 1.54) is 25.3 Å². The summed E-state index contributed by atoms with van der Waals surface area (Å²) < 4.78 is 61.8. The van der Waals surface area contributed by atoms with Crippen LogP contribution in [0, 0.1) is 5.92 Å². The van der Waals surface area contributed by atoms with E-state index in [9.17, 15) is 26.7 Å². The molecule has 0 aliphatic carbocycles. The molecule has 2 rings (SSSR count). The molecule has 0 fully saturated rings. The molecular weight excluding hydrogens is 431 g/mol. The Balaban J connectivity index is 2.05. The Labute approximate surface area is 181 Å². The molecule has 1 aromatic heterocycles. The van der Waals surface area contributed by atoms with E-state index >= 15 is 0 Å². The lowest BCUT2D eigenvalue weighted by molar-refractivity contribution is -0.141. The van der Waals surface area contributed by atoms with Crippen LogP contribution in [0.2, 0.25) is 0 Å². The van der Waals surface area contributed by atoms with Crippen LogP contribution in [-0.2, 0) is 35.2 Å². The minimum Gasteiger partial charge on any atom is -0.755 e. The second kappa shape index (κ2) is 10.5. The van der Waals surface area contributed by atoms with Gasteiger partial charge in [-0.15, -0.1) is 0 Å². The first-order chi connectivity index (χ1) is 14.5. The standard InChI is InChI=1S/C21H24F3N3O3S/c1-14(2)12-18-16(6-10-19(26-18)21(22,23)24)7-11-20(28)25-13-15-4-8-17(9-5-15)27(3)31(29)30/h4-11,14H,12-13H2,1-3H3,(H,25,28)(H,29,30)/p-1. The van der Waals surface area contributed by atoms with Crippen molar-refractivity contribution >= 4 is 28.9 Å². The van der Waals surface area contributed by atoms with Crippen LogP contribution < -0.4 is 9.62 Å². The predicted octanol–water partition coefficient (Wildman–Crippen LogP) is 3.86. The smallest absolute Gasteiger partial charge is 0.433 e. The minimum atomic E-state index is -4.53. The second-order valence-electron chi connectivity index (χ2n) is 7.26. The topological polar surface area (TPSA) is 85.4 Å². The van der Waals surface area contributed by atoms with Gasteiger partial charge in [0.25, 0.3) is 0 Å². The number of anilines is 1. The number of pyridine rings is 1. The summed E-state index contributed by atoms with van der Waals surface area (Å²) in [5.74, 6) is -0.324. The number of aromatic nitrogens is 1. The number of alkyl halides is 3. The highest BCUT2D eigenvalue weighted by Gasteiger charge is 2.32. The fourth-order valence-electron chi connectivity index (χ4n) is 2.70. The number of carbonyl (C=O) groups is 1. The third-order valence-electron chi connectivity index (χ3n) is 4.31. The molecule has 0 saturated heterocycles. The van der Waals surface area contributed by atoms with Crippen molar-refractivity contribution in [1.29, 1.82) is 0 Å². The molecular formula is C21H23F3N3O3S-. The van der Waals surface area contributed by atoms with E-state index < -0.39 is 29.0 Å². The van der Waals surface area contributed by atoms with Crippen LogP contribution in [0.5, 0.6) is 0 Å². The normalized spacial score (nSPS) is 12.9. The van der Waals surface area contributed by atoms with Crippen LogP contribution in [-0.4, -0.2) is 26.7 Å². The summed E-state index contributed by atoms with van der Waals surface area (Å²) in [7, 11) is 1.41. The van der Waals surface area contributed by atoms with E-state index in [-0.39, 0.29) is 18.2 Å². The van der Waals surface area contributed by atoms with E-state index in [0.29, 0.717) is 17.7 Å². The molecule has 1 atom stereocenters. The van der Waals surface area contributed by atoms with Crippen molar-refractivity contribution in [3.63, 3.8) is 0 Å². The molecule has 0 spiro atoms. The summed E-state index contributed by atoms with van der Waals surface area (Å²) in [6.07, 6.45) is -1.49. The van der Waals surface area contributed by atoms with Gasteiger partial charge in [-0.25, -0.2) is 4.98 Å². The number of rotatable bonds is 8. The maximum atomic E-state index is 12.9. The van der Waals surface area contributed by atoms with Crippen molar-refractivity contribution in [2.75, 3.05) is 11.4 Å². The van der Waals surface area contributed by atoms with Gasteiger partial charge >= 0.3 is 6.18 Å². The maximum Gasteiger partial charge on any atom is 0.433 e. The van der Waals surface area contributed by atoms with Gasteiger partial charge in [-0.05, 0) is 47.7 Å². The van der Waals surface area contributed by atoms with E-state index in [0.717, 1.165) is 15.9 Å². The van der Waals surface area contributed by atoms with Crippen LogP contribution in [0.1, 0.15) is 36.4 Å². The Morgan fingerprint density at radius 1 is 1.23 bits per heavy atom. The molecule has 1 unspecified atom stereocenters. The van der Waals surface area contributed by atoms with Crippen molar-refractivity contribution in [2.45, 2.75) is 33.0 Å². The Morgan fingerprint density at radius 3 is 2.42 bits per heavy atom. The molecule has 1 amide bonds. The average Bonchev–Trinajstić information content (AvgIpc) is 2.69. The summed E-state index contributed by atoms with van der Waals surface area (Å²) in [4.78, 5) is 15.9. The van der Waals surface area contributed by atoms with Gasteiger partial charge in [-0.2, -0.15) is 13.2 Å². The Morgan fingerprint density at radius 2 is 1.87 bits per heavy atom. The first kappa shape index (κ1) is 24.5. The molecule has 6 nitrogen and oxygen atoms in total. The lowest BCUT2D eigenvalue weighted by atomic mass is 10.0. The highest BCUT2D eigenvalue weighted by molar-refractivity contribution is 7.80. The fourth-order valence-corrected chi connectivity index (χ4v) is 2.99. The van der Waals surface area contributed by atoms with Gasteiger partial charge in [0.15, 0.2) is 0 Å². The summed E-state index contributed by atoms with van der Waals surface area (Å²) in [6, 6.07) is 8.80. The third-order valence-corrected chi connectivity index (χ3v) is 4.96. The molecule has 2 aromatic rings. The molecule has 1 heterocycles. The summed E-state index contributed by atoms with van der Waals surface area (Å²) in [5.41, 5.74) is 1.02. The molecule has 31 heavy (non-hydrogen) atoms. The predicted molar refractivity (Wildman–Crippen MR) is 112 cm³/mol. The molecule has 0 aliphatic heterocycles. The first-order valence-corrected chi connectivity index (χ1v) is 10.5. The molecule has 0 radical (unpaired) electrons. The molecule has 1 N–H and O–H groups in total. The molecule has 0 saturated carbocycles. The number of carbonyl (C=O) groups excluding carboxylic acids is 1. The van der Waals surface area contributed by atoms with Crippen molar-refractivity contribution < 1.29 is 26.7 Å². The van der Waals surface area contributed by atoms with E-state index in [2.05, 4.69) is 10.3 Å². The zero-order valence-electron chi connectivity index (χ0n) is 17.3. The fraction of sp³-hybridized carbons (Fsp3) is 0.333. The summed E-state index contributed by atoms with van der Waals surface area (Å²) >= 11 is -2.38. The maximum absolute atomic E-state index is 12.9. The van der Waals surface area contributed by atoms with Crippen LogP contribution in [0.3, 0.4) is 0 Å². The van der Waals surface area contributed by atoms with E-state index in [4.69, 9.17) is 0 Å². The lowest BCUT2D eigenvalue weighted by Gasteiger charge is -2.21. The number of nitrogens with zero attached hydrogens (tertiary/aromatic N) is 2. The van der Waals surface area contributed by atoms with Gasteiger partial charge < -0.3 is 14.2 Å². The van der Waals surface area contributed by atoms with Gasteiger partial charge in [-0.1, -0.05) is 32.0 Å². The van der Waals surface area contributed by atoms with Crippen LogP contribution in [0.25, 0.3) is 6.08 Å². The van der Waals surface area contributed by atoms with Crippen molar-refractivity contribution in [2.24, 2.45) is 5.92 Å². The van der Waals surface area contributed by atoms with E-state index in [1.807, 2.05) is 13.8 Å². The van der Waals surface area contributed by atoms with Gasteiger partial charge in [0.2, 0.25) is 5.91 Å². The van der Waals surface area contributed by atoms with Crippen LogP contribution >= 0.6 is 0 Å². The number of benzene rings is 1. The van der Waals surface area contributed by atoms with Crippen LogP contribution in [0.4, 0.5) is 18.9 Å². The van der Waals surface area contributed by atoms with E-state index in [1.54, 1.807) is 24.3 Å². The largest absolute Gasteiger partial charge is 0.755 e. The highest BCUT2D eigenvalue weighted by Crippen LogP contribution is 2.29. The summed E-state index contributed by atoms with van der Waals surface area (Å²) in [5, 5.41) is 2.68. The molecule has 10 heteroatoms. The third kappa shape index (κ3) is 7.48. The number of halogens is 3. The molecule has 0 aliphatic rings. The summed E-state index contributed by atoms with van der Waals surface area (Å²) in [6.45, 7) is 3.96. The quantitative estimate of drug-likeness (QED) is 0.485. The van der Waals surface area contributed by atoms with Crippen LogP contribution in [0.15, 0.2) is 42.5 Å². The molecule has 168 valence electrons. The number of nitrogens with one attached hydrogen (secondary N) is 1. The number of hydrogen-bond donors (Lipinski definition) is 1. The minimum absolute atomic E-state index is 0.0954. The average molecular weight is 454 g/mol. The van der Waals surface area contributed by atoms with Gasteiger partial charge in [0.1, 0.15) is 5.69 Å². The lowest BCUT2D eigenvalue weighted by Crippen LogP contribution is -2.21. The van der Waals surface area contributed by atoms with Gasteiger partial charge in [0, 0.05) is 42.3 Å². The zero-order chi connectivity index (χ0) is 23.2. The molecule has 0 bridgehead atoms. The second-order valence-corrected chi connectivity index (χ2v) is 8.24. The number of amides is 1. The van der Waals surface area contributed by atoms with Crippen molar-refractivity contribution in [3.05, 3.63) is 65.0 Å². The number of hydrogen-bond acceptors (Lipinski definition) is 4. The zero-order valence-corrected chi connectivity index (χ0v) is 18.1. The Hall–Kier alpha value is -2.72. The molecule has 1 aromatic carbocycles. The van der Waals surface area contributed by atoms with Crippen molar-refractivity contribution in [1.82, 2.24) is 10.3 Å². The van der Waals surface area contributed by atoms with Crippen molar-refractivity contribution in [3.8, 4) is 0 Å². The Bertz CT molecular complexity index is 961. The van der Waals surface area contributed by atoms with Gasteiger partial charge in [-0.3, -0.25) is 9.00 Å². The highest BCUT2D eigenvalue weighted by atomic mass is 32.2. The SMILES string of the molecule is CC(C)Cc1nc(C(F)(F)F)ccc1C=CC(=O)NCc1ccc(N(C)S(=O)[O-])cc1.